The van der Waals surface area contributed by atoms with Crippen molar-refractivity contribution in [2.45, 2.75) is 57.5 Å². The van der Waals surface area contributed by atoms with Crippen LogP contribution in [0.15, 0.2) is 11.3 Å². The lowest BCUT2D eigenvalue weighted by molar-refractivity contribution is -0.129. The first-order valence-corrected chi connectivity index (χ1v) is 7.92. The number of carbonyl (C=O) groups excluding carboxylic acids is 1. The van der Waals surface area contributed by atoms with Crippen LogP contribution >= 0.6 is 0 Å². The zero-order valence-corrected chi connectivity index (χ0v) is 11.5. The lowest BCUT2D eigenvalue weighted by Gasteiger charge is -2.57. The van der Waals surface area contributed by atoms with Gasteiger partial charge in [-0.05, 0) is 49.0 Å². The maximum Gasteiger partial charge on any atom is 0.182 e. The summed E-state index contributed by atoms with van der Waals surface area (Å²) < 4.78 is 0. The van der Waals surface area contributed by atoms with Crippen LogP contribution in [0, 0.1) is 17.3 Å². The molecule has 3 heteroatoms. The van der Waals surface area contributed by atoms with Crippen molar-refractivity contribution >= 4 is 5.78 Å². The number of aliphatic hydroxyl groups excluding tert-OH is 1. The standard InChI is InChI=1S/C16H23NO2/c18-10-8-13-14(17-9-10)15(19)11-4-3-7-16(13)6-2-1-5-12(11)16/h10-12,17-18H,1-9H2/t10-,11+,12+,16-/m0/s1. The Morgan fingerprint density at radius 1 is 1.16 bits per heavy atom. The number of ketones is 1. The molecular weight excluding hydrogens is 238 g/mol. The summed E-state index contributed by atoms with van der Waals surface area (Å²) in [6.07, 6.45) is 9.01. The van der Waals surface area contributed by atoms with Crippen molar-refractivity contribution < 1.29 is 9.90 Å². The van der Waals surface area contributed by atoms with Crippen molar-refractivity contribution in [1.29, 1.82) is 0 Å². The van der Waals surface area contributed by atoms with Gasteiger partial charge in [0.05, 0.1) is 11.8 Å². The quantitative estimate of drug-likeness (QED) is 0.702. The molecule has 4 atom stereocenters. The number of β-amino-alcohol motifs (C(OH)–C–C–N with tert-alkyl or cyclic N) is 1. The highest BCUT2D eigenvalue weighted by Gasteiger charge is 2.56. The number of carbonyl (C=O) groups is 1. The van der Waals surface area contributed by atoms with E-state index in [-0.39, 0.29) is 17.4 Å². The molecule has 104 valence electrons. The van der Waals surface area contributed by atoms with Crippen molar-refractivity contribution in [2.75, 3.05) is 6.54 Å². The molecule has 3 nitrogen and oxygen atoms in total. The highest BCUT2D eigenvalue weighted by molar-refractivity contribution is 5.99. The zero-order valence-electron chi connectivity index (χ0n) is 11.5. The fraction of sp³-hybridized carbons (Fsp3) is 0.812. The summed E-state index contributed by atoms with van der Waals surface area (Å²) in [6.45, 7) is 0.554. The average molecular weight is 261 g/mol. The fourth-order valence-electron chi connectivity index (χ4n) is 5.45. The molecule has 2 bridgehead atoms. The molecule has 1 heterocycles. The van der Waals surface area contributed by atoms with Gasteiger partial charge < -0.3 is 10.4 Å². The molecule has 1 aliphatic heterocycles. The Labute approximate surface area is 114 Å². The summed E-state index contributed by atoms with van der Waals surface area (Å²) in [5.74, 6) is 1.22. The molecule has 4 rings (SSSR count). The Balaban J connectivity index is 1.87. The Hall–Kier alpha value is -0.830. The minimum Gasteiger partial charge on any atom is -0.391 e. The van der Waals surface area contributed by atoms with Gasteiger partial charge in [-0.3, -0.25) is 4.79 Å². The van der Waals surface area contributed by atoms with Gasteiger partial charge in [0.1, 0.15) is 0 Å². The van der Waals surface area contributed by atoms with E-state index in [0.717, 1.165) is 18.5 Å². The molecule has 2 fully saturated rings. The number of Topliss-reactive ketones (excluding diaryl/α,β-unsaturated/α-hetero) is 1. The van der Waals surface area contributed by atoms with E-state index in [1.807, 2.05) is 0 Å². The summed E-state index contributed by atoms with van der Waals surface area (Å²) >= 11 is 0. The normalized spacial score (nSPS) is 45.3. The van der Waals surface area contributed by atoms with E-state index in [1.54, 1.807) is 0 Å². The van der Waals surface area contributed by atoms with Gasteiger partial charge in [-0.25, -0.2) is 0 Å². The van der Waals surface area contributed by atoms with Gasteiger partial charge in [-0.2, -0.15) is 0 Å². The highest BCUT2D eigenvalue weighted by atomic mass is 16.3. The molecule has 0 unspecified atom stereocenters. The third kappa shape index (κ3) is 1.51. The van der Waals surface area contributed by atoms with Crippen LogP contribution in [0.3, 0.4) is 0 Å². The Kier molecular flexibility index (Phi) is 2.57. The fourth-order valence-corrected chi connectivity index (χ4v) is 5.45. The van der Waals surface area contributed by atoms with E-state index >= 15 is 0 Å². The maximum absolute atomic E-state index is 12.7. The Bertz CT molecular complexity index is 452. The van der Waals surface area contributed by atoms with Crippen LogP contribution in [0.25, 0.3) is 0 Å². The third-order valence-corrected chi connectivity index (χ3v) is 6.16. The second-order valence-corrected chi connectivity index (χ2v) is 6.96. The molecule has 0 aromatic heterocycles. The minimum absolute atomic E-state index is 0.263. The number of nitrogens with one attached hydrogen (secondary N) is 1. The van der Waals surface area contributed by atoms with Crippen molar-refractivity contribution in [3.05, 3.63) is 11.3 Å². The van der Waals surface area contributed by atoms with Crippen molar-refractivity contribution in [2.24, 2.45) is 17.3 Å². The lowest BCUT2D eigenvalue weighted by atomic mass is 9.48. The molecule has 3 aliphatic carbocycles. The second-order valence-electron chi connectivity index (χ2n) is 6.96. The van der Waals surface area contributed by atoms with Crippen molar-refractivity contribution in [3.63, 3.8) is 0 Å². The molecule has 0 aromatic rings. The predicted molar refractivity (Wildman–Crippen MR) is 72.4 cm³/mol. The van der Waals surface area contributed by atoms with Crippen LogP contribution in [-0.2, 0) is 4.79 Å². The van der Waals surface area contributed by atoms with Crippen LogP contribution in [0.5, 0.6) is 0 Å². The Morgan fingerprint density at radius 3 is 2.89 bits per heavy atom. The van der Waals surface area contributed by atoms with Crippen LogP contribution in [0.4, 0.5) is 0 Å². The molecule has 0 saturated heterocycles. The maximum atomic E-state index is 12.7. The van der Waals surface area contributed by atoms with Gasteiger partial charge in [0.25, 0.3) is 0 Å². The van der Waals surface area contributed by atoms with E-state index < -0.39 is 0 Å². The van der Waals surface area contributed by atoms with Crippen LogP contribution < -0.4 is 5.32 Å². The molecule has 0 amide bonds. The second kappa shape index (κ2) is 4.08. The third-order valence-electron chi connectivity index (χ3n) is 6.16. The van der Waals surface area contributed by atoms with E-state index in [0.29, 0.717) is 18.2 Å². The number of hydrogen-bond acceptors (Lipinski definition) is 3. The van der Waals surface area contributed by atoms with Crippen LogP contribution in [-0.4, -0.2) is 23.5 Å². The van der Waals surface area contributed by atoms with Gasteiger partial charge in [0.15, 0.2) is 5.78 Å². The predicted octanol–water partition coefficient (Wildman–Crippen LogP) is 2.15. The lowest BCUT2D eigenvalue weighted by Crippen LogP contribution is -2.55. The monoisotopic (exact) mass is 261 g/mol. The van der Waals surface area contributed by atoms with Gasteiger partial charge in [0.2, 0.25) is 0 Å². The summed E-state index contributed by atoms with van der Waals surface area (Å²) in [5, 5.41) is 13.3. The van der Waals surface area contributed by atoms with Gasteiger partial charge in [-0.15, -0.1) is 0 Å². The van der Waals surface area contributed by atoms with Gasteiger partial charge >= 0.3 is 0 Å². The summed E-state index contributed by atoms with van der Waals surface area (Å²) in [7, 11) is 0. The molecule has 0 radical (unpaired) electrons. The average Bonchev–Trinajstić information content (AvgIpc) is 2.44. The van der Waals surface area contributed by atoms with E-state index in [2.05, 4.69) is 5.32 Å². The summed E-state index contributed by atoms with van der Waals surface area (Å²) in [5.41, 5.74) is 2.48. The summed E-state index contributed by atoms with van der Waals surface area (Å²) in [4.78, 5) is 12.7. The number of rotatable bonds is 0. The van der Waals surface area contributed by atoms with E-state index in [4.69, 9.17) is 0 Å². The number of hydrogen-bond donors (Lipinski definition) is 2. The summed E-state index contributed by atoms with van der Waals surface area (Å²) in [6, 6.07) is 0. The first-order chi connectivity index (χ1) is 9.22. The SMILES string of the molecule is O=C1C2=C(C[C@H](O)CN2)[C@]23CCCC[C@@H]2[C@H]1CCC3. The molecular formula is C16H23NO2. The molecule has 4 aliphatic rings. The minimum atomic E-state index is -0.304. The molecule has 2 N–H and O–H groups in total. The molecule has 19 heavy (non-hydrogen) atoms. The largest absolute Gasteiger partial charge is 0.391 e. The molecule has 0 spiro atoms. The van der Waals surface area contributed by atoms with Gasteiger partial charge in [-0.1, -0.05) is 19.3 Å². The smallest absolute Gasteiger partial charge is 0.182 e. The van der Waals surface area contributed by atoms with Gasteiger partial charge in [0, 0.05) is 12.5 Å². The number of allylic oxidation sites excluding steroid dienone is 1. The van der Waals surface area contributed by atoms with Crippen molar-refractivity contribution in [1.82, 2.24) is 5.32 Å². The molecule has 2 saturated carbocycles. The highest BCUT2D eigenvalue weighted by Crippen LogP contribution is 2.61. The van der Waals surface area contributed by atoms with Crippen molar-refractivity contribution in [3.8, 4) is 0 Å². The van der Waals surface area contributed by atoms with Crippen LogP contribution in [0.1, 0.15) is 51.4 Å². The number of aliphatic hydroxyl groups is 1. The van der Waals surface area contributed by atoms with Crippen LogP contribution in [0.2, 0.25) is 0 Å². The van der Waals surface area contributed by atoms with E-state index in [9.17, 15) is 9.90 Å². The first kappa shape index (κ1) is 12.0. The topological polar surface area (TPSA) is 49.3 Å². The Morgan fingerprint density at radius 2 is 2.00 bits per heavy atom. The zero-order chi connectivity index (χ0) is 13.0. The van der Waals surface area contributed by atoms with E-state index in [1.165, 1.54) is 44.1 Å². The first-order valence-electron chi connectivity index (χ1n) is 7.92. The molecule has 0 aromatic carbocycles.